The third kappa shape index (κ3) is 7.45. The number of halogens is 3. The number of hydrazone groups is 1. The number of hydrogen-bond acceptors (Lipinski definition) is 6. The standard InChI is InChI=1S/C24H18Cl3N3O5/c1-2-34-21-11-14(3-10-20(21)35-24(33)15-4-6-16(25)7-5-15)13-28-30-23(32)22(31)29-19-12-17(26)8-9-18(19)27/h3-13H,2H2,1H3,(H,29,31)(H,30,32)/b28-13+. The van der Waals surface area contributed by atoms with Crippen LogP contribution in [0.25, 0.3) is 0 Å². The molecule has 35 heavy (non-hydrogen) atoms. The van der Waals surface area contributed by atoms with Gasteiger partial charge in [-0.3, -0.25) is 9.59 Å². The molecule has 0 fully saturated rings. The predicted molar refractivity (Wildman–Crippen MR) is 135 cm³/mol. The zero-order valence-corrected chi connectivity index (χ0v) is 20.4. The fraction of sp³-hybridized carbons (Fsp3) is 0.0833. The van der Waals surface area contributed by atoms with Crippen molar-refractivity contribution in [3.8, 4) is 11.5 Å². The fourth-order valence-corrected chi connectivity index (χ4v) is 3.15. The molecule has 0 aliphatic carbocycles. The molecule has 0 heterocycles. The number of hydrogen-bond donors (Lipinski definition) is 2. The number of ether oxygens (including phenoxy) is 2. The number of rotatable bonds is 7. The highest BCUT2D eigenvalue weighted by molar-refractivity contribution is 6.42. The van der Waals surface area contributed by atoms with E-state index in [4.69, 9.17) is 44.3 Å². The summed E-state index contributed by atoms with van der Waals surface area (Å²) in [6.45, 7) is 2.09. The number of carbonyl (C=O) groups excluding carboxylic acids is 3. The fourth-order valence-electron chi connectivity index (χ4n) is 2.69. The second-order valence-electron chi connectivity index (χ2n) is 6.81. The topological polar surface area (TPSA) is 106 Å². The summed E-state index contributed by atoms with van der Waals surface area (Å²) in [6, 6.07) is 15.4. The summed E-state index contributed by atoms with van der Waals surface area (Å²) < 4.78 is 11.0. The van der Waals surface area contributed by atoms with Crippen LogP contribution in [0.1, 0.15) is 22.8 Å². The lowest BCUT2D eigenvalue weighted by molar-refractivity contribution is -0.136. The van der Waals surface area contributed by atoms with E-state index >= 15 is 0 Å². The Hall–Kier alpha value is -3.59. The molecule has 0 radical (unpaired) electrons. The van der Waals surface area contributed by atoms with Crippen LogP contribution in [0, 0.1) is 0 Å². The van der Waals surface area contributed by atoms with Crippen LogP contribution in [-0.4, -0.2) is 30.6 Å². The Morgan fingerprint density at radius 2 is 1.60 bits per heavy atom. The quantitative estimate of drug-likeness (QED) is 0.140. The largest absolute Gasteiger partial charge is 0.490 e. The maximum absolute atomic E-state index is 12.4. The molecule has 11 heteroatoms. The number of nitrogens with one attached hydrogen (secondary N) is 2. The van der Waals surface area contributed by atoms with Crippen molar-refractivity contribution in [2.75, 3.05) is 11.9 Å². The summed E-state index contributed by atoms with van der Waals surface area (Å²) >= 11 is 17.7. The first-order valence-corrected chi connectivity index (χ1v) is 11.2. The van der Waals surface area contributed by atoms with Crippen molar-refractivity contribution in [2.45, 2.75) is 6.92 Å². The summed E-state index contributed by atoms with van der Waals surface area (Å²) in [5.74, 6) is -2.09. The summed E-state index contributed by atoms with van der Waals surface area (Å²) in [4.78, 5) is 36.5. The van der Waals surface area contributed by atoms with Gasteiger partial charge in [0.1, 0.15) is 0 Å². The second-order valence-corrected chi connectivity index (χ2v) is 8.09. The van der Waals surface area contributed by atoms with Crippen molar-refractivity contribution in [1.29, 1.82) is 0 Å². The smallest absolute Gasteiger partial charge is 0.343 e. The van der Waals surface area contributed by atoms with Crippen LogP contribution in [0.4, 0.5) is 5.69 Å². The number of esters is 1. The van der Waals surface area contributed by atoms with Gasteiger partial charge in [0, 0.05) is 10.0 Å². The lowest BCUT2D eigenvalue weighted by Gasteiger charge is -2.11. The lowest BCUT2D eigenvalue weighted by Crippen LogP contribution is -2.32. The van der Waals surface area contributed by atoms with Crippen LogP contribution in [-0.2, 0) is 9.59 Å². The summed E-state index contributed by atoms with van der Waals surface area (Å²) in [5.41, 5.74) is 3.14. The Morgan fingerprint density at radius 1 is 0.886 bits per heavy atom. The van der Waals surface area contributed by atoms with Gasteiger partial charge in [0.25, 0.3) is 0 Å². The van der Waals surface area contributed by atoms with E-state index in [2.05, 4.69) is 15.8 Å². The first kappa shape index (κ1) is 26.0. The molecule has 2 amide bonds. The van der Waals surface area contributed by atoms with Gasteiger partial charge in [-0.2, -0.15) is 5.10 Å². The van der Waals surface area contributed by atoms with E-state index in [9.17, 15) is 14.4 Å². The first-order valence-electron chi connectivity index (χ1n) is 10.1. The Balaban J connectivity index is 1.64. The third-order valence-corrected chi connectivity index (χ3v) is 5.13. The summed E-state index contributed by atoms with van der Waals surface area (Å²) in [5, 5.41) is 7.18. The number of benzene rings is 3. The minimum Gasteiger partial charge on any atom is -0.490 e. The molecule has 0 saturated carbocycles. The first-order chi connectivity index (χ1) is 16.8. The van der Waals surface area contributed by atoms with Gasteiger partial charge in [0.05, 0.1) is 29.1 Å². The highest BCUT2D eigenvalue weighted by Gasteiger charge is 2.16. The van der Waals surface area contributed by atoms with Gasteiger partial charge in [-0.25, -0.2) is 10.2 Å². The summed E-state index contributed by atoms with van der Waals surface area (Å²) in [6.07, 6.45) is 1.30. The van der Waals surface area contributed by atoms with Gasteiger partial charge in [-0.05, 0) is 73.2 Å². The molecule has 3 aromatic carbocycles. The van der Waals surface area contributed by atoms with Gasteiger partial charge in [-0.15, -0.1) is 0 Å². The van der Waals surface area contributed by atoms with E-state index in [0.29, 0.717) is 33.5 Å². The molecule has 0 atom stereocenters. The van der Waals surface area contributed by atoms with Crippen molar-refractivity contribution in [1.82, 2.24) is 5.43 Å². The molecule has 8 nitrogen and oxygen atoms in total. The average molecular weight is 535 g/mol. The molecule has 0 spiro atoms. The average Bonchev–Trinajstić information content (AvgIpc) is 2.83. The van der Waals surface area contributed by atoms with Crippen LogP contribution >= 0.6 is 34.8 Å². The number of anilines is 1. The van der Waals surface area contributed by atoms with Gasteiger partial charge >= 0.3 is 17.8 Å². The predicted octanol–water partition coefficient (Wildman–Crippen LogP) is 5.35. The Morgan fingerprint density at radius 3 is 2.31 bits per heavy atom. The highest BCUT2D eigenvalue weighted by Crippen LogP contribution is 2.29. The zero-order valence-electron chi connectivity index (χ0n) is 18.2. The van der Waals surface area contributed by atoms with E-state index in [1.165, 1.54) is 24.4 Å². The molecule has 0 bridgehead atoms. The SMILES string of the molecule is CCOc1cc(/C=N/NC(=O)C(=O)Nc2cc(Cl)ccc2Cl)ccc1OC(=O)c1ccc(Cl)cc1. The maximum Gasteiger partial charge on any atom is 0.343 e. The van der Waals surface area contributed by atoms with Crippen molar-refractivity contribution >= 4 is 64.5 Å². The Kier molecular flexibility index (Phi) is 9.08. The molecule has 0 aromatic heterocycles. The Labute approximate surface area is 215 Å². The summed E-state index contributed by atoms with van der Waals surface area (Å²) in [7, 11) is 0. The van der Waals surface area contributed by atoms with Crippen molar-refractivity contribution in [3.05, 3.63) is 86.9 Å². The zero-order chi connectivity index (χ0) is 25.4. The highest BCUT2D eigenvalue weighted by atomic mass is 35.5. The molecular weight excluding hydrogens is 517 g/mol. The monoisotopic (exact) mass is 533 g/mol. The maximum atomic E-state index is 12.4. The molecule has 3 rings (SSSR count). The van der Waals surface area contributed by atoms with E-state index in [1.54, 1.807) is 49.4 Å². The molecule has 3 aromatic rings. The van der Waals surface area contributed by atoms with Gasteiger partial charge < -0.3 is 14.8 Å². The Bertz CT molecular complexity index is 1280. The molecule has 0 aliphatic rings. The van der Waals surface area contributed by atoms with Gasteiger partial charge in [0.15, 0.2) is 11.5 Å². The number of carbonyl (C=O) groups is 3. The minimum absolute atomic E-state index is 0.188. The number of amides is 2. The number of nitrogens with zero attached hydrogens (tertiary/aromatic N) is 1. The van der Waals surface area contributed by atoms with Crippen LogP contribution < -0.4 is 20.2 Å². The van der Waals surface area contributed by atoms with Crippen molar-refractivity contribution in [2.24, 2.45) is 5.10 Å². The molecule has 180 valence electrons. The molecule has 2 N–H and O–H groups in total. The van der Waals surface area contributed by atoms with E-state index in [-0.39, 0.29) is 16.5 Å². The van der Waals surface area contributed by atoms with Crippen LogP contribution in [0.5, 0.6) is 11.5 Å². The van der Waals surface area contributed by atoms with E-state index in [1.807, 2.05) is 0 Å². The van der Waals surface area contributed by atoms with Crippen LogP contribution in [0.3, 0.4) is 0 Å². The normalized spacial score (nSPS) is 10.6. The third-order valence-electron chi connectivity index (χ3n) is 4.31. The minimum atomic E-state index is -1.02. The van der Waals surface area contributed by atoms with Gasteiger partial charge in [0.2, 0.25) is 0 Å². The second kappa shape index (κ2) is 12.2. The van der Waals surface area contributed by atoms with Crippen LogP contribution in [0.2, 0.25) is 15.1 Å². The molecule has 0 saturated heterocycles. The molecular formula is C24H18Cl3N3O5. The van der Waals surface area contributed by atoms with Crippen molar-refractivity contribution < 1.29 is 23.9 Å². The van der Waals surface area contributed by atoms with Gasteiger partial charge in [-0.1, -0.05) is 34.8 Å². The lowest BCUT2D eigenvalue weighted by atomic mass is 10.2. The van der Waals surface area contributed by atoms with Crippen molar-refractivity contribution in [3.63, 3.8) is 0 Å². The molecule has 0 unspecified atom stereocenters. The van der Waals surface area contributed by atoms with Crippen LogP contribution in [0.15, 0.2) is 65.8 Å². The van der Waals surface area contributed by atoms with E-state index in [0.717, 1.165) is 0 Å². The molecule has 0 aliphatic heterocycles. The van der Waals surface area contributed by atoms with E-state index < -0.39 is 17.8 Å².